The van der Waals surface area contributed by atoms with Gasteiger partial charge in [0.05, 0.1) is 0 Å². The maximum absolute atomic E-state index is 3.79. The van der Waals surface area contributed by atoms with Gasteiger partial charge < -0.3 is 10.2 Å². The molecule has 2 atom stereocenters. The summed E-state index contributed by atoms with van der Waals surface area (Å²) in [5, 5.41) is 4.60. The van der Waals surface area contributed by atoms with Crippen molar-refractivity contribution in [2.45, 2.75) is 49.4 Å². The lowest BCUT2D eigenvalue weighted by Crippen LogP contribution is -2.58. The van der Waals surface area contributed by atoms with Crippen LogP contribution in [0.3, 0.4) is 0 Å². The molecule has 1 aliphatic carbocycles. The summed E-state index contributed by atoms with van der Waals surface area (Å²) in [5.41, 5.74) is 0.479. The molecule has 0 aromatic rings. The fourth-order valence-electron chi connectivity index (χ4n) is 2.69. The van der Waals surface area contributed by atoms with Gasteiger partial charge in [-0.2, -0.15) is 11.8 Å². The lowest BCUT2D eigenvalue weighted by atomic mass is 9.75. The first kappa shape index (κ1) is 11.7. The SMILES string of the molecule is CC1SCCC1NCC1(N(C)C)CCC1. The van der Waals surface area contributed by atoms with E-state index in [0.717, 1.165) is 11.3 Å². The molecule has 1 saturated carbocycles. The van der Waals surface area contributed by atoms with Crippen molar-refractivity contribution >= 4 is 11.8 Å². The van der Waals surface area contributed by atoms with Crippen molar-refractivity contribution in [2.24, 2.45) is 0 Å². The predicted molar refractivity (Wildman–Crippen MR) is 68.6 cm³/mol. The van der Waals surface area contributed by atoms with Gasteiger partial charge in [-0.1, -0.05) is 6.92 Å². The molecule has 2 rings (SSSR count). The molecule has 88 valence electrons. The van der Waals surface area contributed by atoms with Gasteiger partial charge in [0.15, 0.2) is 0 Å². The van der Waals surface area contributed by atoms with E-state index < -0.39 is 0 Å². The molecule has 2 unspecified atom stereocenters. The van der Waals surface area contributed by atoms with Gasteiger partial charge in [0.25, 0.3) is 0 Å². The zero-order valence-corrected chi connectivity index (χ0v) is 11.1. The normalized spacial score (nSPS) is 34.4. The molecule has 2 fully saturated rings. The highest BCUT2D eigenvalue weighted by Crippen LogP contribution is 2.36. The van der Waals surface area contributed by atoms with E-state index in [1.165, 1.54) is 38.0 Å². The van der Waals surface area contributed by atoms with Crippen molar-refractivity contribution in [3.05, 3.63) is 0 Å². The van der Waals surface area contributed by atoms with Crippen LogP contribution in [0.2, 0.25) is 0 Å². The molecular weight excluding hydrogens is 204 g/mol. The minimum atomic E-state index is 0.479. The van der Waals surface area contributed by atoms with Crippen LogP contribution in [0, 0.1) is 0 Å². The van der Waals surface area contributed by atoms with E-state index in [-0.39, 0.29) is 0 Å². The van der Waals surface area contributed by atoms with E-state index in [1.54, 1.807) is 0 Å². The van der Waals surface area contributed by atoms with Gasteiger partial charge in [0.1, 0.15) is 0 Å². The zero-order valence-electron chi connectivity index (χ0n) is 10.3. The summed E-state index contributed by atoms with van der Waals surface area (Å²) in [6.45, 7) is 3.55. The van der Waals surface area contributed by atoms with Gasteiger partial charge in [0, 0.05) is 23.4 Å². The molecular formula is C12H24N2S. The molecule has 15 heavy (non-hydrogen) atoms. The monoisotopic (exact) mass is 228 g/mol. The third-order valence-corrected chi connectivity index (χ3v) is 5.63. The Labute approximate surface area is 98.2 Å². The van der Waals surface area contributed by atoms with Crippen LogP contribution in [0.5, 0.6) is 0 Å². The molecule has 1 saturated heterocycles. The van der Waals surface area contributed by atoms with Crippen molar-refractivity contribution in [3.8, 4) is 0 Å². The summed E-state index contributed by atoms with van der Waals surface area (Å²) in [5.74, 6) is 1.34. The molecule has 0 amide bonds. The van der Waals surface area contributed by atoms with Gasteiger partial charge >= 0.3 is 0 Å². The van der Waals surface area contributed by atoms with Gasteiger partial charge in [-0.25, -0.2) is 0 Å². The number of nitrogens with one attached hydrogen (secondary N) is 1. The number of nitrogens with zero attached hydrogens (tertiary/aromatic N) is 1. The van der Waals surface area contributed by atoms with Crippen LogP contribution in [0.15, 0.2) is 0 Å². The molecule has 1 N–H and O–H groups in total. The van der Waals surface area contributed by atoms with Crippen molar-refractivity contribution < 1.29 is 0 Å². The minimum Gasteiger partial charge on any atom is -0.311 e. The van der Waals surface area contributed by atoms with Crippen LogP contribution in [-0.2, 0) is 0 Å². The Morgan fingerprint density at radius 2 is 2.13 bits per heavy atom. The standard InChI is InChI=1S/C12H24N2S/c1-10-11(5-8-15-10)13-9-12(14(2)3)6-4-7-12/h10-11,13H,4-9H2,1-3H3. The van der Waals surface area contributed by atoms with E-state index in [2.05, 4.69) is 43.0 Å². The van der Waals surface area contributed by atoms with Crippen LogP contribution in [0.1, 0.15) is 32.6 Å². The van der Waals surface area contributed by atoms with Gasteiger partial charge in [-0.05, 0) is 45.5 Å². The second-order valence-corrected chi connectivity index (χ2v) is 6.81. The average Bonchev–Trinajstić information content (AvgIpc) is 2.49. The van der Waals surface area contributed by atoms with Crippen LogP contribution in [0.25, 0.3) is 0 Å². The number of hydrogen-bond acceptors (Lipinski definition) is 3. The average molecular weight is 228 g/mol. The summed E-state index contributed by atoms with van der Waals surface area (Å²) < 4.78 is 0. The van der Waals surface area contributed by atoms with Crippen molar-refractivity contribution in [1.82, 2.24) is 10.2 Å². The van der Waals surface area contributed by atoms with Crippen LogP contribution >= 0.6 is 11.8 Å². The highest BCUT2D eigenvalue weighted by molar-refractivity contribution is 8.00. The molecule has 2 nitrogen and oxygen atoms in total. The Morgan fingerprint density at radius 1 is 1.40 bits per heavy atom. The maximum atomic E-state index is 3.79. The van der Waals surface area contributed by atoms with E-state index >= 15 is 0 Å². The van der Waals surface area contributed by atoms with Crippen molar-refractivity contribution in [2.75, 3.05) is 26.4 Å². The van der Waals surface area contributed by atoms with E-state index in [4.69, 9.17) is 0 Å². The zero-order chi connectivity index (χ0) is 10.9. The molecule has 3 heteroatoms. The second kappa shape index (κ2) is 4.64. The molecule has 0 aromatic heterocycles. The molecule has 0 aromatic carbocycles. The predicted octanol–water partition coefficient (Wildman–Crippen LogP) is 1.95. The highest BCUT2D eigenvalue weighted by Gasteiger charge is 2.39. The molecule has 1 aliphatic heterocycles. The summed E-state index contributed by atoms with van der Waals surface area (Å²) >= 11 is 2.11. The maximum Gasteiger partial charge on any atom is 0.0328 e. The summed E-state index contributed by atoms with van der Waals surface area (Å²) in [6.07, 6.45) is 5.52. The van der Waals surface area contributed by atoms with Gasteiger partial charge in [-0.3, -0.25) is 0 Å². The topological polar surface area (TPSA) is 15.3 Å². The Balaban J connectivity index is 1.81. The molecule has 2 aliphatic rings. The lowest BCUT2D eigenvalue weighted by molar-refractivity contribution is 0.0572. The summed E-state index contributed by atoms with van der Waals surface area (Å²) in [6, 6.07) is 0.757. The summed E-state index contributed by atoms with van der Waals surface area (Å²) in [7, 11) is 4.46. The smallest absolute Gasteiger partial charge is 0.0328 e. The molecule has 0 bridgehead atoms. The molecule has 0 spiro atoms. The fraction of sp³-hybridized carbons (Fsp3) is 1.00. The first-order chi connectivity index (χ1) is 7.14. The number of likely N-dealkylation sites (N-methyl/N-ethyl adjacent to an activating group) is 1. The third kappa shape index (κ3) is 2.34. The number of rotatable bonds is 4. The van der Waals surface area contributed by atoms with E-state index in [0.29, 0.717) is 5.54 Å². The van der Waals surface area contributed by atoms with Gasteiger partial charge in [-0.15, -0.1) is 0 Å². The van der Waals surface area contributed by atoms with Crippen LogP contribution in [0.4, 0.5) is 0 Å². The summed E-state index contributed by atoms with van der Waals surface area (Å²) in [4.78, 5) is 2.43. The third-order valence-electron chi connectivity index (χ3n) is 4.30. The largest absolute Gasteiger partial charge is 0.311 e. The molecule has 1 heterocycles. The fourth-order valence-corrected chi connectivity index (χ4v) is 3.91. The van der Waals surface area contributed by atoms with E-state index in [9.17, 15) is 0 Å². The van der Waals surface area contributed by atoms with Crippen LogP contribution < -0.4 is 5.32 Å². The minimum absolute atomic E-state index is 0.479. The number of hydrogen-bond donors (Lipinski definition) is 1. The number of thioether (sulfide) groups is 1. The Kier molecular flexibility index (Phi) is 3.63. The van der Waals surface area contributed by atoms with E-state index in [1.807, 2.05) is 0 Å². The Bertz CT molecular complexity index is 214. The van der Waals surface area contributed by atoms with Crippen molar-refractivity contribution in [1.29, 1.82) is 0 Å². The Hall–Kier alpha value is 0.270. The highest BCUT2D eigenvalue weighted by atomic mass is 32.2. The van der Waals surface area contributed by atoms with Crippen LogP contribution in [-0.4, -0.2) is 48.1 Å². The second-order valence-electron chi connectivity index (χ2n) is 5.32. The Morgan fingerprint density at radius 3 is 2.53 bits per heavy atom. The first-order valence-corrected chi connectivity index (χ1v) is 7.21. The first-order valence-electron chi connectivity index (χ1n) is 6.16. The lowest BCUT2D eigenvalue weighted by Gasteiger charge is -2.48. The molecule has 0 radical (unpaired) electrons. The van der Waals surface area contributed by atoms with Gasteiger partial charge in [0.2, 0.25) is 0 Å². The van der Waals surface area contributed by atoms with Crippen molar-refractivity contribution in [3.63, 3.8) is 0 Å². The quantitative estimate of drug-likeness (QED) is 0.792.